The summed E-state index contributed by atoms with van der Waals surface area (Å²) in [5, 5.41) is 0. The van der Waals surface area contributed by atoms with Gasteiger partial charge in [-0.15, -0.1) is 0 Å². The van der Waals surface area contributed by atoms with Crippen molar-refractivity contribution in [1.29, 1.82) is 0 Å². The Hall–Kier alpha value is -2.86. The molecule has 0 saturated heterocycles. The minimum absolute atomic E-state index is 0.0337. The van der Waals surface area contributed by atoms with E-state index < -0.39 is 23.3 Å². The van der Waals surface area contributed by atoms with Crippen LogP contribution >= 0.6 is 0 Å². The normalized spacial score (nSPS) is 18.0. The zero-order valence-corrected chi connectivity index (χ0v) is 20.1. The highest BCUT2D eigenvalue weighted by atomic mass is 19.2. The topological polar surface area (TPSA) is 18.5 Å². The van der Waals surface area contributed by atoms with Crippen LogP contribution in [0.4, 0.5) is 17.6 Å². The lowest BCUT2D eigenvalue weighted by molar-refractivity contribution is 0.00547. The number of rotatable bonds is 8. The molecule has 3 aromatic rings. The van der Waals surface area contributed by atoms with E-state index >= 15 is 0 Å². The third-order valence-electron chi connectivity index (χ3n) is 6.86. The van der Waals surface area contributed by atoms with Crippen LogP contribution in [0.2, 0.25) is 0 Å². The quantitative estimate of drug-likeness (QED) is 0.297. The third-order valence-corrected chi connectivity index (χ3v) is 6.86. The van der Waals surface area contributed by atoms with Crippen molar-refractivity contribution in [3.05, 3.63) is 77.4 Å². The Labute approximate surface area is 203 Å². The molecule has 1 saturated carbocycles. The van der Waals surface area contributed by atoms with Crippen molar-refractivity contribution in [3.63, 3.8) is 0 Å². The molecule has 0 spiro atoms. The summed E-state index contributed by atoms with van der Waals surface area (Å²) in [4.78, 5) is 0. The molecule has 0 aliphatic heterocycles. The maximum absolute atomic E-state index is 14.9. The molecule has 0 radical (unpaired) electrons. The summed E-state index contributed by atoms with van der Waals surface area (Å²) in [5.74, 6) is -3.37. The van der Waals surface area contributed by atoms with Crippen LogP contribution in [0.1, 0.15) is 51.5 Å². The van der Waals surface area contributed by atoms with Crippen molar-refractivity contribution in [1.82, 2.24) is 0 Å². The number of halogens is 4. The Morgan fingerprint density at radius 2 is 1.26 bits per heavy atom. The zero-order valence-electron chi connectivity index (χ0n) is 20.1. The fraction of sp³-hybridized carbons (Fsp3) is 0.379. The van der Waals surface area contributed by atoms with Gasteiger partial charge in [-0.2, -0.15) is 4.39 Å². The molecule has 0 unspecified atom stereocenters. The first-order chi connectivity index (χ1) is 16.9. The lowest BCUT2D eigenvalue weighted by Gasteiger charge is -2.27. The van der Waals surface area contributed by atoms with E-state index in [2.05, 4.69) is 6.92 Å². The van der Waals surface area contributed by atoms with Crippen LogP contribution in [0, 0.1) is 29.2 Å². The average molecular weight is 487 g/mol. The highest BCUT2D eigenvalue weighted by molar-refractivity contribution is 5.71. The molecular weight excluding hydrogens is 456 g/mol. The standard InChI is InChI=1S/C29H30F4O2/c1-3-18-5-12-22(13-6-18)35-17-21-11-14-23(27(31)26(21)30)19-7-9-20(10-8-19)24-15-16-25(34-4-2)29(33)28(24)32/h7-11,14-16,18,22H,3-6,12-13,17H2,1-2H3. The van der Waals surface area contributed by atoms with Gasteiger partial charge >= 0.3 is 0 Å². The summed E-state index contributed by atoms with van der Waals surface area (Å²) in [6, 6.07) is 12.1. The molecule has 4 rings (SSSR count). The van der Waals surface area contributed by atoms with Crippen molar-refractivity contribution in [2.75, 3.05) is 6.61 Å². The van der Waals surface area contributed by atoms with Gasteiger partial charge in [0.1, 0.15) is 0 Å². The second-order valence-electron chi connectivity index (χ2n) is 9.01. The number of hydrogen-bond donors (Lipinski definition) is 0. The van der Waals surface area contributed by atoms with Crippen molar-refractivity contribution in [2.45, 2.75) is 58.7 Å². The van der Waals surface area contributed by atoms with Crippen molar-refractivity contribution in [2.24, 2.45) is 5.92 Å². The molecule has 0 atom stereocenters. The van der Waals surface area contributed by atoms with Crippen LogP contribution in [0.5, 0.6) is 5.75 Å². The fourth-order valence-electron chi connectivity index (χ4n) is 4.69. The number of ether oxygens (including phenoxy) is 2. The van der Waals surface area contributed by atoms with Gasteiger partial charge in [0.05, 0.1) is 19.3 Å². The van der Waals surface area contributed by atoms with Crippen LogP contribution in [0.25, 0.3) is 22.3 Å². The molecule has 0 N–H and O–H groups in total. The first-order valence-electron chi connectivity index (χ1n) is 12.2. The van der Waals surface area contributed by atoms with Gasteiger partial charge in [-0.1, -0.05) is 49.7 Å². The molecule has 1 aliphatic rings. The van der Waals surface area contributed by atoms with Gasteiger partial charge in [-0.25, -0.2) is 13.2 Å². The van der Waals surface area contributed by atoms with E-state index in [4.69, 9.17) is 9.47 Å². The van der Waals surface area contributed by atoms with E-state index in [1.54, 1.807) is 37.3 Å². The van der Waals surface area contributed by atoms with Gasteiger partial charge in [0, 0.05) is 16.7 Å². The smallest absolute Gasteiger partial charge is 0.201 e. The van der Waals surface area contributed by atoms with Crippen LogP contribution in [0.15, 0.2) is 48.5 Å². The lowest BCUT2D eigenvalue weighted by Crippen LogP contribution is -2.21. The van der Waals surface area contributed by atoms with Crippen LogP contribution in [-0.4, -0.2) is 12.7 Å². The van der Waals surface area contributed by atoms with Crippen molar-refractivity contribution < 1.29 is 27.0 Å². The number of hydrogen-bond acceptors (Lipinski definition) is 2. The Kier molecular flexibility index (Phi) is 8.11. The second-order valence-corrected chi connectivity index (χ2v) is 9.01. The predicted molar refractivity (Wildman–Crippen MR) is 129 cm³/mol. The van der Waals surface area contributed by atoms with E-state index in [1.807, 2.05) is 0 Å². The maximum atomic E-state index is 14.9. The van der Waals surface area contributed by atoms with Crippen LogP contribution in [-0.2, 0) is 11.3 Å². The largest absolute Gasteiger partial charge is 0.491 e. The van der Waals surface area contributed by atoms with Gasteiger partial charge < -0.3 is 9.47 Å². The molecule has 1 aliphatic carbocycles. The molecule has 6 heteroatoms. The van der Waals surface area contributed by atoms with E-state index in [-0.39, 0.29) is 41.8 Å². The van der Waals surface area contributed by atoms with Crippen molar-refractivity contribution in [3.8, 4) is 28.0 Å². The van der Waals surface area contributed by atoms with Crippen LogP contribution < -0.4 is 4.74 Å². The molecule has 35 heavy (non-hydrogen) atoms. The van der Waals surface area contributed by atoms with Crippen LogP contribution in [0.3, 0.4) is 0 Å². The fourth-order valence-corrected chi connectivity index (χ4v) is 4.69. The molecular formula is C29H30F4O2. The Morgan fingerprint density at radius 3 is 1.83 bits per heavy atom. The van der Waals surface area contributed by atoms with Gasteiger partial charge in [-0.3, -0.25) is 0 Å². The van der Waals surface area contributed by atoms with E-state index in [0.717, 1.165) is 31.6 Å². The highest BCUT2D eigenvalue weighted by Crippen LogP contribution is 2.33. The maximum Gasteiger partial charge on any atom is 0.201 e. The van der Waals surface area contributed by atoms with Gasteiger partial charge in [-0.05, 0) is 61.8 Å². The van der Waals surface area contributed by atoms with Gasteiger partial charge in [0.2, 0.25) is 5.82 Å². The first-order valence-corrected chi connectivity index (χ1v) is 12.2. The minimum Gasteiger partial charge on any atom is -0.491 e. The second kappa shape index (κ2) is 11.3. The Morgan fingerprint density at radius 1 is 0.686 bits per heavy atom. The van der Waals surface area contributed by atoms with Gasteiger partial charge in [0.25, 0.3) is 0 Å². The summed E-state index contributed by atoms with van der Waals surface area (Å²) in [6.45, 7) is 4.13. The summed E-state index contributed by atoms with van der Waals surface area (Å²) in [7, 11) is 0. The lowest BCUT2D eigenvalue weighted by atomic mass is 9.86. The van der Waals surface area contributed by atoms with E-state index in [1.165, 1.54) is 24.6 Å². The SMILES string of the molecule is CCOc1ccc(-c2ccc(-c3ccc(COC4CCC(CC)CC4)c(F)c3F)cc2)c(F)c1F. The molecule has 2 nitrogen and oxygen atoms in total. The van der Waals surface area contributed by atoms with Crippen molar-refractivity contribution >= 4 is 0 Å². The molecule has 0 heterocycles. The first kappa shape index (κ1) is 25.2. The Bertz CT molecular complexity index is 1150. The summed E-state index contributed by atoms with van der Waals surface area (Å²) in [5.41, 5.74) is 1.19. The summed E-state index contributed by atoms with van der Waals surface area (Å²) >= 11 is 0. The summed E-state index contributed by atoms with van der Waals surface area (Å²) < 4.78 is 69.4. The highest BCUT2D eigenvalue weighted by Gasteiger charge is 2.22. The number of benzene rings is 3. The van der Waals surface area contributed by atoms with E-state index in [0.29, 0.717) is 11.1 Å². The predicted octanol–water partition coefficient (Wildman–Crippen LogP) is 8.46. The average Bonchev–Trinajstić information content (AvgIpc) is 2.88. The molecule has 0 bridgehead atoms. The molecule has 186 valence electrons. The van der Waals surface area contributed by atoms with E-state index in [9.17, 15) is 17.6 Å². The zero-order chi connectivity index (χ0) is 24.9. The summed E-state index contributed by atoms with van der Waals surface area (Å²) in [6.07, 6.45) is 5.37. The van der Waals surface area contributed by atoms with Gasteiger partial charge in [0.15, 0.2) is 23.2 Å². The minimum atomic E-state index is -1.06. The monoisotopic (exact) mass is 486 g/mol. The molecule has 0 amide bonds. The third kappa shape index (κ3) is 5.53. The molecule has 3 aromatic carbocycles. The molecule has 0 aromatic heterocycles. The Balaban J connectivity index is 1.48. The molecule has 1 fully saturated rings.